The minimum absolute atomic E-state index is 0.0111. The maximum Gasteiger partial charge on any atom is 0.310 e. The SMILES string of the molecule is COC(=O)[C@H]1[C@@H]2C[C@@H]3CC[C@H]1N3C/C2=C\c1ccc(OC)cc1. The Balaban J connectivity index is 1.65. The van der Waals surface area contributed by atoms with Gasteiger partial charge in [0.25, 0.3) is 0 Å². The highest BCUT2D eigenvalue weighted by molar-refractivity contribution is 5.75. The zero-order valence-corrected chi connectivity index (χ0v) is 13.7. The largest absolute Gasteiger partial charge is 0.497 e. The van der Waals surface area contributed by atoms with E-state index in [0.29, 0.717) is 18.0 Å². The lowest BCUT2D eigenvalue weighted by Gasteiger charge is -2.50. The van der Waals surface area contributed by atoms with Crippen molar-refractivity contribution >= 4 is 12.0 Å². The Kier molecular flexibility index (Phi) is 3.64. The molecule has 0 saturated carbocycles. The van der Waals surface area contributed by atoms with Gasteiger partial charge in [0.05, 0.1) is 20.1 Å². The van der Waals surface area contributed by atoms with E-state index in [9.17, 15) is 4.79 Å². The van der Waals surface area contributed by atoms with Crippen molar-refractivity contribution < 1.29 is 14.3 Å². The normalized spacial score (nSPS) is 36.3. The fraction of sp³-hybridized carbons (Fsp3) is 0.526. The zero-order chi connectivity index (χ0) is 16.0. The number of fused-ring (bicyclic) bond motifs is 1. The molecule has 4 nitrogen and oxygen atoms in total. The van der Waals surface area contributed by atoms with Gasteiger partial charge in [0.15, 0.2) is 0 Å². The fourth-order valence-corrected chi connectivity index (χ4v) is 4.79. The highest BCUT2D eigenvalue weighted by Crippen LogP contribution is 2.50. The highest BCUT2D eigenvalue weighted by Gasteiger charge is 2.55. The standard InChI is InChI=1S/C19H23NO3/c1-22-15-6-3-12(4-7-15)9-13-11-20-14-5-8-17(20)18(16(13)10-14)19(21)23-2/h3-4,6-7,9,14,16-18H,5,8,10-11H2,1-2H3/b13-9+/t14-,16+,17+,18-/m0/s1. The molecule has 4 aliphatic rings. The van der Waals surface area contributed by atoms with Crippen molar-refractivity contribution in [1.29, 1.82) is 0 Å². The van der Waals surface area contributed by atoms with Gasteiger partial charge in [-0.2, -0.15) is 0 Å². The number of rotatable bonds is 3. The monoisotopic (exact) mass is 313 g/mol. The molecule has 5 atom stereocenters. The van der Waals surface area contributed by atoms with Crippen LogP contribution in [0.25, 0.3) is 6.08 Å². The van der Waals surface area contributed by atoms with Crippen molar-refractivity contribution in [2.24, 2.45) is 11.8 Å². The summed E-state index contributed by atoms with van der Waals surface area (Å²) in [7, 11) is 3.19. The second kappa shape index (κ2) is 5.68. The Morgan fingerprint density at radius 1 is 1.22 bits per heavy atom. The molecular formula is C19H23NO3. The van der Waals surface area contributed by atoms with Crippen LogP contribution in [0.3, 0.4) is 0 Å². The first-order chi connectivity index (χ1) is 11.2. The van der Waals surface area contributed by atoms with Crippen LogP contribution in [-0.4, -0.2) is 43.7 Å². The summed E-state index contributed by atoms with van der Waals surface area (Å²) in [6.45, 7) is 1.000. The predicted octanol–water partition coefficient (Wildman–Crippen LogP) is 2.73. The number of nitrogens with zero attached hydrogens (tertiary/aromatic N) is 1. The molecule has 4 saturated heterocycles. The van der Waals surface area contributed by atoms with E-state index in [1.165, 1.54) is 24.7 Å². The highest BCUT2D eigenvalue weighted by atomic mass is 16.5. The fourth-order valence-electron chi connectivity index (χ4n) is 4.79. The average molecular weight is 313 g/mol. The average Bonchev–Trinajstić information content (AvgIpc) is 2.90. The van der Waals surface area contributed by atoms with Gasteiger partial charge in [-0.1, -0.05) is 23.8 Å². The van der Waals surface area contributed by atoms with Crippen LogP contribution in [0.2, 0.25) is 0 Å². The predicted molar refractivity (Wildman–Crippen MR) is 88.1 cm³/mol. The van der Waals surface area contributed by atoms with Gasteiger partial charge in [0.1, 0.15) is 5.75 Å². The van der Waals surface area contributed by atoms with E-state index in [2.05, 4.69) is 23.1 Å². The first kappa shape index (κ1) is 14.8. The first-order valence-corrected chi connectivity index (χ1v) is 8.39. The second-order valence-electron chi connectivity index (χ2n) is 6.85. The van der Waals surface area contributed by atoms with Gasteiger partial charge >= 0.3 is 5.97 Å². The molecule has 0 aromatic heterocycles. The molecule has 4 aliphatic heterocycles. The van der Waals surface area contributed by atoms with Crippen molar-refractivity contribution in [3.63, 3.8) is 0 Å². The molecule has 23 heavy (non-hydrogen) atoms. The van der Waals surface area contributed by atoms with E-state index in [0.717, 1.165) is 25.1 Å². The minimum atomic E-state index is -0.0364. The molecular weight excluding hydrogens is 290 g/mol. The molecule has 0 radical (unpaired) electrons. The molecule has 1 aromatic carbocycles. The third-order valence-corrected chi connectivity index (χ3v) is 5.85. The number of benzene rings is 1. The lowest BCUT2D eigenvalue weighted by Crippen LogP contribution is -2.58. The smallest absolute Gasteiger partial charge is 0.310 e. The molecule has 0 N–H and O–H groups in total. The molecule has 0 spiro atoms. The van der Waals surface area contributed by atoms with Gasteiger partial charge in [-0.25, -0.2) is 0 Å². The summed E-state index contributed by atoms with van der Waals surface area (Å²) in [6.07, 6.45) is 5.71. The Bertz CT molecular complexity index is 637. The molecule has 0 aliphatic carbocycles. The van der Waals surface area contributed by atoms with Crippen LogP contribution in [0.15, 0.2) is 29.8 Å². The van der Waals surface area contributed by atoms with Crippen LogP contribution in [0, 0.1) is 11.8 Å². The number of esters is 1. The molecule has 0 amide bonds. The first-order valence-electron chi connectivity index (χ1n) is 8.39. The zero-order valence-electron chi connectivity index (χ0n) is 13.7. The van der Waals surface area contributed by atoms with Crippen LogP contribution >= 0.6 is 0 Å². The number of carbonyl (C=O) groups excluding carboxylic acids is 1. The maximum atomic E-state index is 12.3. The van der Waals surface area contributed by atoms with Crippen LogP contribution in [0.1, 0.15) is 24.8 Å². The summed E-state index contributed by atoms with van der Waals surface area (Å²) in [4.78, 5) is 14.9. The number of methoxy groups -OCH3 is 2. The number of piperidine rings is 3. The van der Waals surface area contributed by atoms with Crippen LogP contribution < -0.4 is 4.74 Å². The van der Waals surface area contributed by atoms with Crippen LogP contribution in [0.5, 0.6) is 5.75 Å². The van der Waals surface area contributed by atoms with E-state index in [-0.39, 0.29) is 11.9 Å². The van der Waals surface area contributed by atoms with Crippen molar-refractivity contribution in [3.05, 3.63) is 35.4 Å². The van der Waals surface area contributed by atoms with Gasteiger partial charge in [-0.15, -0.1) is 0 Å². The minimum Gasteiger partial charge on any atom is -0.497 e. The molecule has 4 fully saturated rings. The van der Waals surface area contributed by atoms with E-state index in [4.69, 9.17) is 9.47 Å². The molecule has 1 aromatic rings. The lowest BCUT2D eigenvalue weighted by molar-refractivity contribution is -0.153. The quantitative estimate of drug-likeness (QED) is 0.804. The number of carbonyl (C=O) groups is 1. The van der Waals surface area contributed by atoms with Gasteiger partial charge in [0, 0.05) is 18.6 Å². The number of hydrogen-bond donors (Lipinski definition) is 0. The summed E-state index contributed by atoms with van der Waals surface area (Å²) in [5.74, 6) is 1.18. The van der Waals surface area contributed by atoms with Gasteiger partial charge < -0.3 is 9.47 Å². The van der Waals surface area contributed by atoms with Crippen molar-refractivity contribution in [2.75, 3.05) is 20.8 Å². The number of hydrogen-bond acceptors (Lipinski definition) is 4. The molecule has 1 unspecified atom stereocenters. The summed E-state index contributed by atoms with van der Waals surface area (Å²) in [5.41, 5.74) is 2.55. The summed E-state index contributed by atoms with van der Waals surface area (Å²) in [6, 6.07) is 9.17. The topological polar surface area (TPSA) is 38.8 Å². The summed E-state index contributed by atoms with van der Waals surface area (Å²) in [5, 5.41) is 0. The van der Waals surface area contributed by atoms with E-state index in [1.807, 2.05) is 12.1 Å². The molecule has 4 heteroatoms. The third-order valence-electron chi connectivity index (χ3n) is 5.85. The Morgan fingerprint density at radius 3 is 2.70 bits per heavy atom. The van der Waals surface area contributed by atoms with Crippen molar-refractivity contribution in [3.8, 4) is 5.75 Å². The molecule has 4 bridgehead atoms. The van der Waals surface area contributed by atoms with Gasteiger partial charge in [0.2, 0.25) is 0 Å². The summed E-state index contributed by atoms with van der Waals surface area (Å²) < 4.78 is 10.3. The Hall–Kier alpha value is -1.81. The van der Waals surface area contributed by atoms with Crippen LogP contribution in [-0.2, 0) is 9.53 Å². The van der Waals surface area contributed by atoms with E-state index < -0.39 is 0 Å². The lowest BCUT2D eigenvalue weighted by atomic mass is 9.71. The molecule has 122 valence electrons. The van der Waals surface area contributed by atoms with E-state index in [1.54, 1.807) is 7.11 Å². The van der Waals surface area contributed by atoms with Gasteiger partial charge in [-0.05, 0) is 42.9 Å². The van der Waals surface area contributed by atoms with Crippen LogP contribution in [0.4, 0.5) is 0 Å². The Labute approximate surface area is 137 Å². The van der Waals surface area contributed by atoms with E-state index >= 15 is 0 Å². The summed E-state index contributed by atoms with van der Waals surface area (Å²) >= 11 is 0. The third kappa shape index (κ3) is 2.36. The molecule has 5 rings (SSSR count). The number of ether oxygens (including phenoxy) is 2. The Morgan fingerprint density at radius 2 is 2.00 bits per heavy atom. The van der Waals surface area contributed by atoms with Gasteiger partial charge in [-0.3, -0.25) is 9.69 Å². The molecule has 4 heterocycles. The van der Waals surface area contributed by atoms with Crippen molar-refractivity contribution in [2.45, 2.75) is 31.3 Å². The second-order valence-corrected chi connectivity index (χ2v) is 6.85. The van der Waals surface area contributed by atoms with Crippen molar-refractivity contribution in [1.82, 2.24) is 4.90 Å². The maximum absolute atomic E-state index is 12.3.